The van der Waals surface area contributed by atoms with Crippen LogP contribution < -0.4 is 0 Å². The molecule has 16 heavy (non-hydrogen) atoms. The molecule has 0 aliphatic heterocycles. The Morgan fingerprint density at radius 3 is 2.75 bits per heavy atom. The van der Waals surface area contributed by atoms with E-state index in [0.29, 0.717) is 0 Å². The lowest BCUT2D eigenvalue weighted by atomic mass is 9.84. The Hall–Kier alpha value is -0.520. The Morgan fingerprint density at radius 1 is 1.25 bits per heavy atom. The largest absolute Gasteiger partial charge is 0.0885 e. The summed E-state index contributed by atoms with van der Waals surface area (Å²) in [6, 6.07) is 0. The van der Waals surface area contributed by atoms with Crippen LogP contribution in [0.5, 0.6) is 0 Å². The molecule has 90 valence electrons. The summed E-state index contributed by atoms with van der Waals surface area (Å²) in [6.45, 7) is 4.67. The van der Waals surface area contributed by atoms with Crippen LogP contribution in [0.4, 0.5) is 0 Å². The average molecular weight is 218 g/mol. The van der Waals surface area contributed by atoms with Gasteiger partial charge in [0, 0.05) is 0 Å². The van der Waals surface area contributed by atoms with Crippen LogP contribution in [0.25, 0.3) is 0 Å². The van der Waals surface area contributed by atoms with Gasteiger partial charge in [0.1, 0.15) is 0 Å². The highest BCUT2D eigenvalue weighted by Crippen LogP contribution is 2.46. The van der Waals surface area contributed by atoms with E-state index >= 15 is 0 Å². The minimum Gasteiger partial charge on any atom is -0.0885 e. The van der Waals surface area contributed by atoms with Crippen LogP contribution in [-0.2, 0) is 0 Å². The molecule has 4 unspecified atom stereocenters. The van der Waals surface area contributed by atoms with E-state index in [2.05, 4.69) is 38.2 Å². The maximum Gasteiger partial charge on any atom is -0.0199 e. The minimum atomic E-state index is 0.880. The monoisotopic (exact) mass is 218 g/mol. The van der Waals surface area contributed by atoms with Crippen LogP contribution in [0.15, 0.2) is 24.3 Å². The van der Waals surface area contributed by atoms with E-state index in [1.807, 2.05) is 0 Å². The van der Waals surface area contributed by atoms with Gasteiger partial charge in [0.25, 0.3) is 0 Å². The number of rotatable bonds is 6. The lowest BCUT2D eigenvalue weighted by Crippen LogP contribution is -2.11. The van der Waals surface area contributed by atoms with Crippen LogP contribution in [-0.4, -0.2) is 0 Å². The Kier molecular flexibility index (Phi) is 4.26. The fourth-order valence-electron chi connectivity index (χ4n) is 3.39. The fourth-order valence-corrected chi connectivity index (χ4v) is 3.39. The van der Waals surface area contributed by atoms with Crippen molar-refractivity contribution in [3.8, 4) is 0 Å². The molecule has 2 aliphatic rings. The second kappa shape index (κ2) is 5.70. The summed E-state index contributed by atoms with van der Waals surface area (Å²) in [5, 5.41) is 0. The topological polar surface area (TPSA) is 0 Å². The van der Waals surface area contributed by atoms with Gasteiger partial charge in [0.15, 0.2) is 0 Å². The Labute approximate surface area is 101 Å². The van der Waals surface area contributed by atoms with Gasteiger partial charge in [0.05, 0.1) is 0 Å². The molecule has 0 aromatic rings. The zero-order chi connectivity index (χ0) is 11.4. The van der Waals surface area contributed by atoms with Crippen LogP contribution in [0.2, 0.25) is 0 Å². The van der Waals surface area contributed by atoms with Crippen molar-refractivity contribution in [3.63, 3.8) is 0 Å². The second-order valence-corrected chi connectivity index (χ2v) is 5.88. The van der Waals surface area contributed by atoms with Gasteiger partial charge < -0.3 is 0 Å². The zero-order valence-electron chi connectivity index (χ0n) is 10.9. The van der Waals surface area contributed by atoms with Crippen molar-refractivity contribution < 1.29 is 0 Å². The van der Waals surface area contributed by atoms with Crippen molar-refractivity contribution in [3.05, 3.63) is 24.3 Å². The maximum atomic E-state index is 2.48. The smallest absolute Gasteiger partial charge is 0.0199 e. The van der Waals surface area contributed by atoms with Gasteiger partial charge in [-0.15, -0.1) is 0 Å². The summed E-state index contributed by atoms with van der Waals surface area (Å²) < 4.78 is 0. The van der Waals surface area contributed by atoms with Crippen LogP contribution in [0, 0.1) is 23.7 Å². The summed E-state index contributed by atoms with van der Waals surface area (Å²) in [5.41, 5.74) is 0. The average Bonchev–Trinajstić information content (AvgIpc) is 2.86. The number of hydrogen-bond acceptors (Lipinski definition) is 0. The molecule has 0 amide bonds. The van der Waals surface area contributed by atoms with Crippen molar-refractivity contribution in [1.82, 2.24) is 0 Å². The first kappa shape index (κ1) is 12.0. The Balaban J connectivity index is 1.67. The molecule has 0 aromatic heterocycles. The molecule has 2 rings (SSSR count). The molecule has 0 N–H and O–H groups in total. The summed E-state index contributed by atoms with van der Waals surface area (Å²) >= 11 is 0. The van der Waals surface area contributed by atoms with Crippen LogP contribution >= 0.6 is 0 Å². The van der Waals surface area contributed by atoms with Gasteiger partial charge in [-0.05, 0) is 55.8 Å². The van der Waals surface area contributed by atoms with Crippen molar-refractivity contribution in [2.75, 3.05) is 0 Å². The highest BCUT2D eigenvalue weighted by Gasteiger charge is 2.35. The Morgan fingerprint density at radius 2 is 2.12 bits per heavy atom. The van der Waals surface area contributed by atoms with E-state index < -0.39 is 0 Å². The summed E-state index contributed by atoms with van der Waals surface area (Å²) in [5.74, 6) is 3.76. The van der Waals surface area contributed by atoms with Crippen LogP contribution in [0.3, 0.4) is 0 Å². The molecule has 0 aromatic carbocycles. The highest BCUT2D eigenvalue weighted by atomic mass is 14.4. The molecular weight excluding hydrogens is 192 g/mol. The first-order valence-corrected chi connectivity index (χ1v) is 7.13. The van der Waals surface area contributed by atoms with Crippen molar-refractivity contribution in [1.29, 1.82) is 0 Å². The molecule has 0 radical (unpaired) electrons. The summed E-state index contributed by atoms with van der Waals surface area (Å²) in [7, 11) is 0. The van der Waals surface area contributed by atoms with Crippen LogP contribution in [0.1, 0.15) is 52.4 Å². The molecule has 0 heteroatoms. The van der Waals surface area contributed by atoms with Gasteiger partial charge in [-0.3, -0.25) is 0 Å². The number of fused-ring (bicyclic) bond motifs is 2. The SMILES string of the molecule is CCCC=CCC(C)CC1CC2C=CC1C2. The first-order chi connectivity index (χ1) is 7.79. The number of allylic oxidation sites excluding steroid dienone is 4. The van der Waals surface area contributed by atoms with Crippen molar-refractivity contribution >= 4 is 0 Å². The molecule has 0 spiro atoms. The van der Waals surface area contributed by atoms with E-state index in [9.17, 15) is 0 Å². The quantitative estimate of drug-likeness (QED) is 0.552. The molecule has 2 aliphatic carbocycles. The predicted molar refractivity (Wildman–Crippen MR) is 71.3 cm³/mol. The van der Waals surface area contributed by atoms with E-state index in [1.54, 1.807) is 0 Å². The van der Waals surface area contributed by atoms with E-state index in [1.165, 1.54) is 38.5 Å². The first-order valence-electron chi connectivity index (χ1n) is 7.13. The van der Waals surface area contributed by atoms with Crippen molar-refractivity contribution in [2.45, 2.75) is 52.4 Å². The molecule has 0 nitrogen and oxygen atoms in total. The zero-order valence-corrected chi connectivity index (χ0v) is 10.9. The van der Waals surface area contributed by atoms with E-state index in [-0.39, 0.29) is 0 Å². The predicted octanol–water partition coefficient (Wildman–Crippen LogP) is 4.97. The number of unbranched alkanes of at least 4 members (excludes halogenated alkanes) is 1. The van der Waals surface area contributed by atoms with E-state index in [0.717, 1.165) is 23.7 Å². The van der Waals surface area contributed by atoms with Gasteiger partial charge in [-0.2, -0.15) is 0 Å². The van der Waals surface area contributed by atoms with Gasteiger partial charge in [0.2, 0.25) is 0 Å². The Bertz CT molecular complexity index is 261. The third kappa shape index (κ3) is 2.99. The van der Waals surface area contributed by atoms with Gasteiger partial charge in [-0.25, -0.2) is 0 Å². The highest BCUT2D eigenvalue weighted by molar-refractivity contribution is 5.10. The number of hydrogen-bond donors (Lipinski definition) is 0. The summed E-state index contributed by atoms with van der Waals surface area (Å²) in [4.78, 5) is 0. The second-order valence-electron chi connectivity index (χ2n) is 5.88. The fraction of sp³-hybridized carbons (Fsp3) is 0.750. The molecule has 2 bridgehead atoms. The third-order valence-corrected chi connectivity index (χ3v) is 4.28. The molecule has 1 saturated carbocycles. The van der Waals surface area contributed by atoms with Gasteiger partial charge >= 0.3 is 0 Å². The van der Waals surface area contributed by atoms with Crippen molar-refractivity contribution in [2.24, 2.45) is 23.7 Å². The molecule has 4 atom stereocenters. The standard InChI is InChI=1S/C16H26/c1-3-4-5-6-7-13(2)10-16-12-14-8-9-15(16)11-14/h5-6,8-9,13-16H,3-4,7,10-12H2,1-2H3. The lowest BCUT2D eigenvalue weighted by Gasteiger charge is -2.21. The molecule has 0 heterocycles. The van der Waals surface area contributed by atoms with Gasteiger partial charge in [-0.1, -0.05) is 44.6 Å². The molecule has 0 saturated heterocycles. The molecule has 1 fully saturated rings. The van der Waals surface area contributed by atoms with E-state index in [4.69, 9.17) is 0 Å². The summed E-state index contributed by atoms with van der Waals surface area (Å²) in [6.07, 6.45) is 17.9. The normalized spacial score (nSPS) is 34.0. The lowest BCUT2D eigenvalue weighted by molar-refractivity contribution is 0.346. The maximum absolute atomic E-state index is 2.48. The third-order valence-electron chi connectivity index (χ3n) is 4.28. The minimum absolute atomic E-state index is 0.880. The molecular formula is C16H26.